The summed E-state index contributed by atoms with van der Waals surface area (Å²) in [7, 11) is 0. The van der Waals surface area contributed by atoms with E-state index < -0.39 is 0 Å². The quantitative estimate of drug-likeness (QED) is 0.663. The number of nitrogens with two attached hydrogens (primary N) is 1. The van der Waals surface area contributed by atoms with Crippen molar-refractivity contribution in [1.82, 2.24) is 15.3 Å². The molecule has 5 nitrogen and oxygen atoms in total. The number of hydrogen-bond acceptors (Lipinski definition) is 4. The number of H-pyrrole nitrogens is 1. The van der Waals surface area contributed by atoms with Gasteiger partial charge in [0.05, 0.1) is 6.04 Å². The molecule has 1 atom stereocenters. The second kappa shape index (κ2) is 6.95. The van der Waals surface area contributed by atoms with E-state index in [1.54, 1.807) is 12.3 Å². The predicted octanol–water partition coefficient (Wildman–Crippen LogP) is 3.22. The van der Waals surface area contributed by atoms with Gasteiger partial charge < -0.3 is 16.0 Å². The first kappa shape index (κ1) is 15.7. The number of aromatic amines is 1. The molecule has 1 amide bonds. The monoisotopic (exact) mass is 346 g/mol. The van der Waals surface area contributed by atoms with Crippen LogP contribution in [0.1, 0.15) is 21.5 Å². The molecular formula is C16H15ClN4OS. The molecule has 0 unspecified atom stereocenters. The molecule has 0 radical (unpaired) electrons. The topological polar surface area (TPSA) is 83.8 Å². The molecule has 2 aromatic heterocycles. The Balaban J connectivity index is 1.74. The molecule has 3 rings (SSSR count). The largest absolute Gasteiger partial charge is 0.351 e. The molecule has 0 aliphatic carbocycles. The lowest BCUT2D eigenvalue weighted by Gasteiger charge is -2.13. The summed E-state index contributed by atoms with van der Waals surface area (Å²) in [6.45, 7) is 0.296. The average molecular weight is 347 g/mol. The zero-order chi connectivity index (χ0) is 16.2. The Morgan fingerprint density at radius 2 is 2.09 bits per heavy atom. The van der Waals surface area contributed by atoms with Crippen molar-refractivity contribution in [3.05, 3.63) is 63.7 Å². The number of nitrogens with one attached hydrogen (secondary N) is 2. The third-order valence-corrected chi connectivity index (χ3v) is 4.52. The van der Waals surface area contributed by atoms with E-state index in [4.69, 9.17) is 17.3 Å². The number of carbonyl (C=O) groups excluding carboxylic acids is 1. The average Bonchev–Trinajstić information content (AvgIpc) is 3.24. The zero-order valence-corrected chi connectivity index (χ0v) is 13.7. The van der Waals surface area contributed by atoms with Crippen molar-refractivity contribution < 1.29 is 4.79 Å². The second-order valence-corrected chi connectivity index (χ2v) is 6.29. The van der Waals surface area contributed by atoms with Crippen LogP contribution in [0, 0.1) is 0 Å². The Kier molecular flexibility index (Phi) is 4.76. The summed E-state index contributed by atoms with van der Waals surface area (Å²) in [6, 6.07) is 10.7. The van der Waals surface area contributed by atoms with Gasteiger partial charge in [0.25, 0.3) is 5.91 Å². The van der Waals surface area contributed by atoms with Crippen LogP contribution in [0.4, 0.5) is 0 Å². The van der Waals surface area contributed by atoms with Crippen molar-refractivity contribution in [3.8, 4) is 11.3 Å². The molecule has 0 aliphatic heterocycles. The minimum absolute atomic E-state index is 0.212. The smallest absolute Gasteiger partial charge is 0.268 e. The number of nitrogens with zero attached hydrogens (tertiary/aromatic N) is 1. The van der Waals surface area contributed by atoms with E-state index in [2.05, 4.69) is 15.3 Å². The lowest BCUT2D eigenvalue weighted by atomic mass is 10.2. The molecule has 4 N–H and O–H groups in total. The summed E-state index contributed by atoms with van der Waals surface area (Å²) in [5.41, 5.74) is 8.02. The molecule has 3 aromatic rings. The van der Waals surface area contributed by atoms with E-state index in [-0.39, 0.29) is 11.9 Å². The zero-order valence-electron chi connectivity index (χ0n) is 12.1. The summed E-state index contributed by atoms with van der Waals surface area (Å²) in [5.74, 6) is -0.212. The van der Waals surface area contributed by atoms with Gasteiger partial charge >= 0.3 is 0 Å². The van der Waals surface area contributed by atoms with E-state index in [9.17, 15) is 4.79 Å². The highest BCUT2D eigenvalue weighted by atomic mass is 35.5. The van der Waals surface area contributed by atoms with Gasteiger partial charge in [0, 0.05) is 28.8 Å². The van der Waals surface area contributed by atoms with Gasteiger partial charge in [-0.1, -0.05) is 23.7 Å². The number of rotatable bonds is 5. The van der Waals surface area contributed by atoms with E-state index in [1.165, 1.54) is 11.3 Å². The van der Waals surface area contributed by atoms with Crippen LogP contribution in [0.5, 0.6) is 0 Å². The number of halogens is 1. The second-order valence-electron chi connectivity index (χ2n) is 4.92. The van der Waals surface area contributed by atoms with Crippen molar-refractivity contribution in [1.29, 1.82) is 0 Å². The normalized spacial score (nSPS) is 12.1. The van der Waals surface area contributed by atoms with Gasteiger partial charge in [0.2, 0.25) is 0 Å². The predicted molar refractivity (Wildman–Crippen MR) is 92.6 cm³/mol. The van der Waals surface area contributed by atoms with E-state index in [0.717, 1.165) is 16.3 Å². The third-order valence-electron chi connectivity index (χ3n) is 3.38. The molecule has 118 valence electrons. The molecule has 0 saturated carbocycles. The number of aromatic nitrogens is 2. The fourth-order valence-electron chi connectivity index (χ4n) is 2.19. The number of carbonyl (C=O) groups is 1. The highest BCUT2D eigenvalue weighted by Gasteiger charge is 2.17. The molecule has 1 aromatic carbocycles. The van der Waals surface area contributed by atoms with Crippen LogP contribution in [0.25, 0.3) is 11.3 Å². The number of hydrogen-bond donors (Lipinski definition) is 3. The van der Waals surface area contributed by atoms with Crippen molar-refractivity contribution in [2.45, 2.75) is 6.04 Å². The van der Waals surface area contributed by atoms with Crippen LogP contribution >= 0.6 is 22.9 Å². The highest BCUT2D eigenvalue weighted by molar-refractivity contribution is 7.09. The van der Waals surface area contributed by atoms with E-state index in [1.807, 2.05) is 35.7 Å². The molecule has 23 heavy (non-hydrogen) atoms. The van der Waals surface area contributed by atoms with Gasteiger partial charge in [0.1, 0.15) is 10.7 Å². The first-order valence-electron chi connectivity index (χ1n) is 7.02. The molecule has 7 heteroatoms. The van der Waals surface area contributed by atoms with Gasteiger partial charge in [-0.3, -0.25) is 4.79 Å². The fourth-order valence-corrected chi connectivity index (χ4v) is 3.02. The fraction of sp³-hybridized carbons (Fsp3) is 0.125. The molecule has 0 aliphatic rings. The third kappa shape index (κ3) is 3.61. The van der Waals surface area contributed by atoms with Crippen LogP contribution in [-0.2, 0) is 0 Å². The maximum atomic E-state index is 12.4. The molecule has 0 saturated heterocycles. The van der Waals surface area contributed by atoms with Gasteiger partial charge in [-0.15, -0.1) is 11.3 Å². The molecule has 0 spiro atoms. The van der Waals surface area contributed by atoms with Crippen molar-refractivity contribution in [3.63, 3.8) is 0 Å². The summed E-state index contributed by atoms with van der Waals surface area (Å²) in [5, 5.41) is 6.22. The lowest BCUT2D eigenvalue weighted by molar-refractivity contribution is 0.0933. The number of benzene rings is 1. The SMILES string of the molecule is NC[C@@H](NC(=O)c1ccc(-c2ccc(Cl)cc2)[nH]1)c1nccs1. The Bertz CT molecular complexity index is 783. The van der Waals surface area contributed by atoms with Crippen molar-refractivity contribution in [2.75, 3.05) is 6.54 Å². The summed E-state index contributed by atoms with van der Waals surface area (Å²) in [6.07, 6.45) is 1.70. The van der Waals surface area contributed by atoms with Crippen molar-refractivity contribution >= 4 is 28.8 Å². The Labute approximate surface area is 142 Å². The van der Waals surface area contributed by atoms with Crippen LogP contribution < -0.4 is 11.1 Å². The van der Waals surface area contributed by atoms with E-state index in [0.29, 0.717) is 17.3 Å². The first-order valence-corrected chi connectivity index (χ1v) is 8.28. The van der Waals surface area contributed by atoms with Crippen molar-refractivity contribution in [2.24, 2.45) is 5.73 Å². The minimum atomic E-state index is -0.287. The summed E-state index contributed by atoms with van der Waals surface area (Å²) < 4.78 is 0. The Morgan fingerprint density at radius 3 is 2.74 bits per heavy atom. The van der Waals surface area contributed by atoms with Crippen LogP contribution in [0.15, 0.2) is 48.0 Å². The van der Waals surface area contributed by atoms with Gasteiger partial charge in [-0.25, -0.2) is 4.98 Å². The number of amides is 1. The molecule has 0 fully saturated rings. The van der Waals surface area contributed by atoms with Gasteiger partial charge in [0.15, 0.2) is 0 Å². The van der Waals surface area contributed by atoms with Gasteiger partial charge in [-0.05, 0) is 29.8 Å². The highest BCUT2D eigenvalue weighted by Crippen LogP contribution is 2.21. The maximum absolute atomic E-state index is 12.4. The van der Waals surface area contributed by atoms with Gasteiger partial charge in [-0.2, -0.15) is 0 Å². The standard InChI is InChI=1S/C16H15ClN4OS/c17-11-3-1-10(2-4-11)12-5-6-13(20-12)15(22)21-14(9-18)16-19-7-8-23-16/h1-8,14,20H,9,18H2,(H,21,22)/t14-/m1/s1. The van der Waals surface area contributed by atoms with Crippen LogP contribution in [0.3, 0.4) is 0 Å². The number of thiazole rings is 1. The first-order chi connectivity index (χ1) is 11.2. The Hall–Kier alpha value is -2.15. The van der Waals surface area contributed by atoms with Crippen LogP contribution in [0.2, 0.25) is 5.02 Å². The minimum Gasteiger partial charge on any atom is -0.351 e. The van der Waals surface area contributed by atoms with E-state index >= 15 is 0 Å². The molecule has 0 bridgehead atoms. The summed E-state index contributed by atoms with van der Waals surface area (Å²) >= 11 is 7.35. The van der Waals surface area contributed by atoms with Crippen LogP contribution in [-0.4, -0.2) is 22.4 Å². The summed E-state index contributed by atoms with van der Waals surface area (Å²) in [4.78, 5) is 19.7. The maximum Gasteiger partial charge on any atom is 0.268 e. The lowest BCUT2D eigenvalue weighted by Crippen LogP contribution is -2.33. The molecule has 2 heterocycles. The molecular weight excluding hydrogens is 332 g/mol. The Morgan fingerprint density at radius 1 is 1.30 bits per heavy atom.